The maximum atomic E-state index is 14.9. The topological polar surface area (TPSA) is 90.5 Å². The lowest BCUT2D eigenvalue weighted by Crippen LogP contribution is -2.54. The van der Waals surface area contributed by atoms with Gasteiger partial charge in [-0.15, -0.1) is 0 Å². The molecule has 152 valence electrons. The molecule has 2 aromatic carbocycles. The molecule has 2 atom stereocenters. The number of rotatable bonds is 5. The Morgan fingerprint density at radius 3 is 2.59 bits per heavy atom. The average Bonchev–Trinajstić information content (AvgIpc) is 2.89. The molecule has 3 rings (SSSR count). The lowest BCUT2D eigenvalue weighted by atomic mass is 9.91. The SMILES string of the molecule is CC1(C(F)Cc2ccccc2)NC(=O)N(NC(=O)Nc2ccc(Br)cc2F)C1=O. The smallest absolute Gasteiger partial charge is 0.319 e. The van der Waals surface area contributed by atoms with Gasteiger partial charge in [-0.2, -0.15) is 5.01 Å². The molecule has 5 amide bonds. The van der Waals surface area contributed by atoms with Crippen LogP contribution >= 0.6 is 15.9 Å². The number of nitrogens with zero attached hydrogens (tertiary/aromatic N) is 1. The van der Waals surface area contributed by atoms with E-state index in [0.717, 1.165) is 6.07 Å². The second-order valence-corrected chi connectivity index (χ2v) is 7.54. The standard InChI is InChI=1S/C19H17BrF2N4O3/c1-19(15(22)9-11-5-3-2-4-6-11)16(27)26(18(29)24-19)25-17(28)23-14-8-7-12(20)10-13(14)21/h2-8,10,15H,9H2,1H3,(H,24,29)(H2,23,25,28). The van der Waals surface area contributed by atoms with Crippen LogP contribution in [0.3, 0.4) is 0 Å². The summed E-state index contributed by atoms with van der Waals surface area (Å²) in [6.45, 7) is 1.24. The lowest BCUT2D eigenvalue weighted by molar-refractivity contribution is -0.134. The normalized spacial score (nSPS) is 19.7. The Morgan fingerprint density at radius 2 is 1.93 bits per heavy atom. The van der Waals surface area contributed by atoms with Crippen LogP contribution in [-0.2, 0) is 11.2 Å². The highest BCUT2D eigenvalue weighted by Crippen LogP contribution is 2.25. The number of halogens is 3. The summed E-state index contributed by atoms with van der Waals surface area (Å²) in [6.07, 6.45) is -1.84. The van der Waals surface area contributed by atoms with Crippen LogP contribution in [0.1, 0.15) is 12.5 Å². The fraction of sp³-hybridized carbons (Fsp3) is 0.211. The highest BCUT2D eigenvalue weighted by Gasteiger charge is 2.54. The van der Waals surface area contributed by atoms with Gasteiger partial charge in [-0.25, -0.2) is 23.8 Å². The molecule has 2 aromatic rings. The minimum Gasteiger partial charge on any atom is -0.319 e. The molecular weight excluding hydrogens is 450 g/mol. The van der Waals surface area contributed by atoms with Crippen molar-refractivity contribution in [3.05, 3.63) is 64.4 Å². The van der Waals surface area contributed by atoms with E-state index >= 15 is 0 Å². The highest BCUT2D eigenvalue weighted by atomic mass is 79.9. The van der Waals surface area contributed by atoms with Crippen molar-refractivity contribution >= 4 is 39.6 Å². The van der Waals surface area contributed by atoms with Gasteiger partial charge in [-0.1, -0.05) is 46.3 Å². The van der Waals surface area contributed by atoms with Crippen molar-refractivity contribution < 1.29 is 23.2 Å². The zero-order valence-electron chi connectivity index (χ0n) is 15.2. The van der Waals surface area contributed by atoms with E-state index < -0.39 is 35.5 Å². The van der Waals surface area contributed by atoms with Crippen molar-refractivity contribution in [1.82, 2.24) is 15.8 Å². The van der Waals surface area contributed by atoms with E-state index in [1.807, 2.05) is 5.43 Å². The maximum absolute atomic E-state index is 14.9. The summed E-state index contributed by atoms with van der Waals surface area (Å²) in [5, 5.41) is 4.84. The fourth-order valence-electron chi connectivity index (χ4n) is 2.84. The molecule has 0 saturated carbocycles. The van der Waals surface area contributed by atoms with Crippen LogP contribution in [0.15, 0.2) is 53.0 Å². The number of hydrazine groups is 1. The van der Waals surface area contributed by atoms with Gasteiger partial charge in [0.1, 0.15) is 12.0 Å². The number of alkyl halides is 1. The third-order valence-corrected chi connectivity index (χ3v) is 4.99. The zero-order chi connectivity index (χ0) is 21.2. The van der Waals surface area contributed by atoms with Gasteiger partial charge in [-0.05, 0) is 30.7 Å². The number of anilines is 1. The van der Waals surface area contributed by atoms with Gasteiger partial charge in [0.15, 0.2) is 5.54 Å². The van der Waals surface area contributed by atoms with Gasteiger partial charge in [0.05, 0.1) is 5.69 Å². The summed E-state index contributed by atoms with van der Waals surface area (Å²) < 4.78 is 29.2. The Balaban J connectivity index is 1.68. The first-order chi connectivity index (χ1) is 13.7. The summed E-state index contributed by atoms with van der Waals surface area (Å²) in [7, 11) is 0. The van der Waals surface area contributed by atoms with E-state index in [1.165, 1.54) is 19.1 Å². The summed E-state index contributed by atoms with van der Waals surface area (Å²) in [5.41, 5.74) is 0.653. The molecule has 1 saturated heterocycles. The first kappa shape index (κ1) is 20.7. The molecule has 3 N–H and O–H groups in total. The Kier molecular flexibility index (Phi) is 5.83. The Hall–Kier alpha value is -3.01. The molecule has 1 fully saturated rings. The minimum absolute atomic E-state index is 0.104. The molecule has 29 heavy (non-hydrogen) atoms. The molecule has 0 radical (unpaired) electrons. The van der Waals surface area contributed by atoms with E-state index in [9.17, 15) is 23.2 Å². The monoisotopic (exact) mass is 466 g/mol. The fourth-order valence-corrected chi connectivity index (χ4v) is 3.17. The maximum Gasteiger partial charge on any atom is 0.344 e. The first-order valence-corrected chi connectivity index (χ1v) is 9.37. The number of carbonyl (C=O) groups excluding carboxylic acids is 3. The van der Waals surface area contributed by atoms with E-state index in [0.29, 0.717) is 15.0 Å². The van der Waals surface area contributed by atoms with Crippen molar-refractivity contribution in [3.63, 3.8) is 0 Å². The summed E-state index contributed by atoms with van der Waals surface area (Å²) in [6, 6.07) is 10.6. The number of amides is 5. The number of hydrogen-bond donors (Lipinski definition) is 3. The average molecular weight is 467 g/mol. The van der Waals surface area contributed by atoms with Gasteiger partial charge in [0.2, 0.25) is 0 Å². The number of carbonyl (C=O) groups is 3. The van der Waals surface area contributed by atoms with E-state index in [2.05, 4.69) is 26.6 Å². The summed E-state index contributed by atoms with van der Waals surface area (Å²) in [5.74, 6) is -1.68. The minimum atomic E-state index is -1.86. The Labute approximate surface area is 173 Å². The second kappa shape index (κ2) is 8.16. The molecule has 1 heterocycles. The van der Waals surface area contributed by atoms with E-state index in [-0.39, 0.29) is 12.1 Å². The molecule has 10 heteroatoms. The van der Waals surface area contributed by atoms with Crippen molar-refractivity contribution in [2.45, 2.75) is 25.1 Å². The Morgan fingerprint density at radius 1 is 1.24 bits per heavy atom. The number of hydrogen-bond acceptors (Lipinski definition) is 3. The third-order valence-electron chi connectivity index (χ3n) is 4.49. The number of benzene rings is 2. The van der Waals surface area contributed by atoms with Crippen molar-refractivity contribution in [1.29, 1.82) is 0 Å². The van der Waals surface area contributed by atoms with Crippen LogP contribution in [0.25, 0.3) is 0 Å². The van der Waals surface area contributed by atoms with Crippen molar-refractivity contribution in [3.8, 4) is 0 Å². The van der Waals surface area contributed by atoms with Crippen LogP contribution in [0, 0.1) is 5.82 Å². The zero-order valence-corrected chi connectivity index (χ0v) is 16.8. The number of imide groups is 1. The van der Waals surface area contributed by atoms with Gasteiger partial charge in [-0.3, -0.25) is 4.79 Å². The molecule has 0 spiro atoms. The van der Waals surface area contributed by atoms with Gasteiger partial charge >= 0.3 is 12.1 Å². The van der Waals surface area contributed by atoms with Crippen LogP contribution in [0.5, 0.6) is 0 Å². The molecule has 2 unspecified atom stereocenters. The van der Waals surface area contributed by atoms with E-state index in [1.54, 1.807) is 30.3 Å². The summed E-state index contributed by atoms with van der Waals surface area (Å²) in [4.78, 5) is 36.9. The van der Waals surface area contributed by atoms with Crippen LogP contribution in [0.4, 0.5) is 24.1 Å². The summed E-state index contributed by atoms with van der Waals surface area (Å²) >= 11 is 3.09. The molecule has 0 bridgehead atoms. The molecule has 7 nitrogen and oxygen atoms in total. The van der Waals surface area contributed by atoms with Gasteiger partial charge in [0, 0.05) is 10.9 Å². The predicted molar refractivity (Wildman–Crippen MR) is 105 cm³/mol. The van der Waals surface area contributed by atoms with Gasteiger partial charge < -0.3 is 10.6 Å². The number of nitrogens with one attached hydrogen (secondary N) is 3. The number of urea groups is 2. The lowest BCUT2D eigenvalue weighted by Gasteiger charge is -2.25. The molecule has 1 aliphatic heterocycles. The van der Waals surface area contributed by atoms with Crippen molar-refractivity contribution in [2.75, 3.05) is 5.32 Å². The van der Waals surface area contributed by atoms with Crippen molar-refractivity contribution in [2.24, 2.45) is 0 Å². The third kappa shape index (κ3) is 4.37. The quantitative estimate of drug-likeness (QED) is 0.588. The second-order valence-electron chi connectivity index (χ2n) is 6.62. The van der Waals surface area contributed by atoms with E-state index in [4.69, 9.17) is 0 Å². The molecule has 1 aliphatic rings. The molecule has 0 aromatic heterocycles. The molecular formula is C19H17BrF2N4O3. The van der Waals surface area contributed by atoms with Gasteiger partial charge in [0.25, 0.3) is 5.91 Å². The largest absolute Gasteiger partial charge is 0.344 e. The van der Waals surface area contributed by atoms with Crippen LogP contribution < -0.4 is 16.1 Å². The van der Waals surface area contributed by atoms with Crippen LogP contribution in [0.2, 0.25) is 0 Å². The first-order valence-electron chi connectivity index (χ1n) is 8.58. The molecule has 0 aliphatic carbocycles. The predicted octanol–water partition coefficient (Wildman–Crippen LogP) is 3.52. The Bertz CT molecular complexity index is 960. The highest BCUT2D eigenvalue weighted by molar-refractivity contribution is 9.10. The van der Waals surface area contributed by atoms with Crippen LogP contribution in [-0.4, -0.2) is 34.7 Å².